The maximum Gasteiger partial charge on any atom is 0.416 e. The highest BCUT2D eigenvalue weighted by Gasteiger charge is 2.30. The maximum atomic E-state index is 12.5. The highest BCUT2D eigenvalue weighted by molar-refractivity contribution is 5.30. The third-order valence-electron chi connectivity index (χ3n) is 3.48. The van der Waals surface area contributed by atoms with Crippen LogP contribution < -0.4 is 0 Å². The summed E-state index contributed by atoms with van der Waals surface area (Å²) >= 11 is 0. The van der Waals surface area contributed by atoms with Crippen LogP contribution in [0.15, 0.2) is 54.6 Å². The van der Waals surface area contributed by atoms with E-state index in [2.05, 4.69) is 13.8 Å². The fourth-order valence-electron chi connectivity index (χ4n) is 2.31. The molecule has 0 atom stereocenters. The van der Waals surface area contributed by atoms with Gasteiger partial charge in [-0.15, -0.1) is 0 Å². The maximum absolute atomic E-state index is 12.5. The highest BCUT2D eigenvalue weighted by atomic mass is 19.4. The third kappa shape index (κ3) is 3.41. The third-order valence-corrected chi connectivity index (χ3v) is 3.48. The molecule has 2 rings (SSSR count). The number of benzene rings is 2. The van der Waals surface area contributed by atoms with E-state index >= 15 is 0 Å². The summed E-state index contributed by atoms with van der Waals surface area (Å²) in [6, 6.07) is 15.4. The van der Waals surface area contributed by atoms with Gasteiger partial charge in [0.05, 0.1) is 5.56 Å². The summed E-state index contributed by atoms with van der Waals surface area (Å²) in [5.74, 6) is 0. The smallest absolute Gasteiger partial charge is 0.166 e. The molecule has 0 unspecified atom stereocenters. The van der Waals surface area contributed by atoms with E-state index < -0.39 is 11.7 Å². The Labute approximate surface area is 117 Å². The summed E-state index contributed by atoms with van der Waals surface area (Å²) in [6.45, 7) is 4.19. The molecule has 2 aromatic carbocycles. The van der Waals surface area contributed by atoms with Crippen molar-refractivity contribution in [3.8, 4) is 0 Å². The second-order valence-corrected chi connectivity index (χ2v) is 5.62. The molecule has 0 aliphatic rings. The summed E-state index contributed by atoms with van der Waals surface area (Å²) in [4.78, 5) is 0. The van der Waals surface area contributed by atoms with Crippen molar-refractivity contribution in [3.05, 3.63) is 71.3 Å². The molecule has 0 bridgehead atoms. The summed E-state index contributed by atoms with van der Waals surface area (Å²) < 4.78 is 37.6. The molecule has 0 spiro atoms. The Kier molecular flexibility index (Phi) is 3.89. The fourth-order valence-corrected chi connectivity index (χ4v) is 2.31. The van der Waals surface area contributed by atoms with Crippen molar-refractivity contribution in [2.75, 3.05) is 0 Å². The Hall–Kier alpha value is -1.77. The second kappa shape index (κ2) is 5.31. The van der Waals surface area contributed by atoms with Gasteiger partial charge >= 0.3 is 6.18 Å². The molecule has 0 N–H and O–H groups in total. The Balaban J connectivity index is 2.18. The van der Waals surface area contributed by atoms with Crippen LogP contribution in [-0.2, 0) is 18.0 Å². The standard InChI is InChI=1S/C17H17F3/c1-16(2,14-6-4-3-5-7-14)12-13-8-10-15(11-9-13)17(18,19)20/h3-11H,12H2,1-2H3. The molecular weight excluding hydrogens is 261 g/mol. The largest absolute Gasteiger partial charge is 0.416 e. The molecule has 0 aromatic heterocycles. The van der Waals surface area contributed by atoms with Crippen LogP contribution in [0.5, 0.6) is 0 Å². The van der Waals surface area contributed by atoms with Gasteiger partial charge in [-0.1, -0.05) is 56.3 Å². The Bertz CT molecular complexity index is 551. The molecular formula is C17H17F3. The lowest BCUT2D eigenvalue weighted by Crippen LogP contribution is -2.20. The topological polar surface area (TPSA) is 0 Å². The van der Waals surface area contributed by atoms with Crippen molar-refractivity contribution in [2.24, 2.45) is 0 Å². The van der Waals surface area contributed by atoms with Gasteiger partial charge in [-0.05, 0) is 35.1 Å². The van der Waals surface area contributed by atoms with Crippen molar-refractivity contribution >= 4 is 0 Å². The predicted molar refractivity (Wildman–Crippen MR) is 74.6 cm³/mol. The van der Waals surface area contributed by atoms with Crippen LogP contribution in [0.1, 0.15) is 30.5 Å². The average Bonchev–Trinajstić information content (AvgIpc) is 2.39. The Morgan fingerprint density at radius 3 is 1.80 bits per heavy atom. The van der Waals surface area contributed by atoms with Crippen molar-refractivity contribution in [1.82, 2.24) is 0 Å². The highest BCUT2D eigenvalue weighted by Crippen LogP contribution is 2.31. The second-order valence-electron chi connectivity index (χ2n) is 5.62. The SMILES string of the molecule is CC(C)(Cc1ccc(C(F)(F)F)cc1)c1ccccc1. The van der Waals surface area contributed by atoms with Crippen LogP contribution in [0.3, 0.4) is 0 Å². The summed E-state index contributed by atoms with van der Waals surface area (Å²) in [7, 11) is 0. The molecule has 106 valence electrons. The van der Waals surface area contributed by atoms with E-state index in [9.17, 15) is 13.2 Å². The van der Waals surface area contributed by atoms with Crippen LogP contribution in [0.2, 0.25) is 0 Å². The monoisotopic (exact) mass is 278 g/mol. The first kappa shape index (κ1) is 14.6. The molecule has 0 nitrogen and oxygen atoms in total. The fraction of sp³-hybridized carbons (Fsp3) is 0.294. The van der Waals surface area contributed by atoms with E-state index in [-0.39, 0.29) is 5.41 Å². The molecule has 0 fully saturated rings. The number of alkyl halides is 3. The van der Waals surface area contributed by atoms with Crippen LogP contribution in [0.25, 0.3) is 0 Å². The minimum atomic E-state index is -4.27. The summed E-state index contributed by atoms with van der Waals surface area (Å²) in [6.07, 6.45) is -3.57. The van der Waals surface area contributed by atoms with E-state index in [0.717, 1.165) is 17.7 Å². The first-order chi connectivity index (χ1) is 9.29. The lowest BCUT2D eigenvalue weighted by Gasteiger charge is -2.25. The molecule has 0 amide bonds. The van der Waals surface area contributed by atoms with Crippen molar-refractivity contribution in [1.29, 1.82) is 0 Å². The zero-order valence-electron chi connectivity index (χ0n) is 11.5. The summed E-state index contributed by atoms with van der Waals surface area (Å²) in [5.41, 5.74) is 1.38. The van der Waals surface area contributed by atoms with E-state index in [1.54, 1.807) is 12.1 Å². The molecule has 0 heterocycles. The molecule has 0 saturated heterocycles. The first-order valence-electron chi connectivity index (χ1n) is 6.51. The van der Waals surface area contributed by atoms with Crippen LogP contribution >= 0.6 is 0 Å². The normalized spacial score (nSPS) is 12.4. The van der Waals surface area contributed by atoms with Gasteiger partial charge in [0.25, 0.3) is 0 Å². The van der Waals surface area contributed by atoms with E-state index in [0.29, 0.717) is 6.42 Å². The van der Waals surface area contributed by atoms with Gasteiger partial charge in [0.2, 0.25) is 0 Å². The van der Waals surface area contributed by atoms with Crippen molar-refractivity contribution in [2.45, 2.75) is 31.9 Å². The first-order valence-corrected chi connectivity index (χ1v) is 6.51. The lowest BCUT2D eigenvalue weighted by atomic mass is 9.79. The van der Waals surface area contributed by atoms with E-state index in [1.807, 2.05) is 30.3 Å². The molecule has 0 radical (unpaired) electrons. The van der Waals surface area contributed by atoms with E-state index in [1.165, 1.54) is 5.56 Å². The lowest BCUT2D eigenvalue weighted by molar-refractivity contribution is -0.137. The molecule has 20 heavy (non-hydrogen) atoms. The van der Waals surface area contributed by atoms with Crippen molar-refractivity contribution in [3.63, 3.8) is 0 Å². The van der Waals surface area contributed by atoms with Crippen molar-refractivity contribution < 1.29 is 13.2 Å². The minimum absolute atomic E-state index is 0.110. The van der Waals surface area contributed by atoms with Gasteiger partial charge in [-0.3, -0.25) is 0 Å². The predicted octanol–water partition coefficient (Wildman–Crippen LogP) is 5.23. The van der Waals surface area contributed by atoms with Gasteiger partial charge in [0.15, 0.2) is 0 Å². The molecule has 0 aliphatic heterocycles. The molecule has 2 aromatic rings. The Morgan fingerprint density at radius 2 is 1.30 bits per heavy atom. The molecule has 3 heteroatoms. The summed E-state index contributed by atoms with van der Waals surface area (Å²) in [5, 5.41) is 0. The van der Waals surface area contributed by atoms with Crippen LogP contribution in [0, 0.1) is 0 Å². The zero-order chi connectivity index (χ0) is 14.8. The quantitative estimate of drug-likeness (QED) is 0.721. The van der Waals surface area contributed by atoms with Gasteiger partial charge in [0.1, 0.15) is 0 Å². The van der Waals surface area contributed by atoms with Gasteiger partial charge in [-0.25, -0.2) is 0 Å². The number of rotatable bonds is 3. The van der Waals surface area contributed by atoms with Gasteiger partial charge in [-0.2, -0.15) is 13.2 Å². The Morgan fingerprint density at radius 1 is 0.750 bits per heavy atom. The molecule has 0 saturated carbocycles. The van der Waals surface area contributed by atoms with Gasteiger partial charge < -0.3 is 0 Å². The van der Waals surface area contributed by atoms with Gasteiger partial charge in [0, 0.05) is 0 Å². The van der Waals surface area contributed by atoms with Crippen LogP contribution in [-0.4, -0.2) is 0 Å². The van der Waals surface area contributed by atoms with E-state index in [4.69, 9.17) is 0 Å². The number of halogens is 3. The molecule has 0 aliphatic carbocycles. The average molecular weight is 278 g/mol. The van der Waals surface area contributed by atoms with Crippen LogP contribution in [0.4, 0.5) is 13.2 Å². The minimum Gasteiger partial charge on any atom is -0.166 e. The number of hydrogen-bond acceptors (Lipinski definition) is 0. The zero-order valence-corrected chi connectivity index (χ0v) is 11.5. The number of hydrogen-bond donors (Lipinski definition) is 0.